The van der Waals surface area contributed by atoms with Gasteiger partial charge in [0.05, 0.1) is 0 Å². The molecule has 0 aliphatic heterocycles. The molecule has 21 heavy (non-hydrogen) atoms. The second kappa shape index (κ2) is 6.97. The Morgan fingerprint density at radius 3 is 2.29 bits per heavy atom. The van der Waals surface area contributed by atoms with Gasteiger partial charge in [-0.2, -0.15) is 13.2 Å². The number of nitrogens with one attached hydrogen (secondary N) is 2. The first-order valence-electron chi connectivity index (χ1n) is 6.63. The van der Waals surface area contributed by atoms with Crippen molar-refractivity contribution in [1.82, 2.24) is 4.98 Å². The number of para-hydroxylation sites is 1. The van der Waals surface area contributed by atoms with Crippen LogP contribution in [0.5, 0.6) is 0 Å². The van der Waals surface area contributed by atoms with Crippen LogP contribution in [0.2, 0.25) is 0 Å². The third-order valence-corrected chi connectivity index (χ3v) is 2.80. The van der Waals surface area contributed by atoms with Crippen molar-refractivity contribution in [2.75, 3.05) is 23.7 Å². The van der Waals surface area contributed by atoms with E-state index in [0.29, 0.717) is 6.54 Å². The Balaban J connectivity index is 1.74. The Kier molecular flexibility index (Phi) is 5.03. The van der Waals surface area contributed by atoms with E-state index < -0.39 is 11.9 Å². The maximum Gasteiger partial charge on any atom is 0.433 e. The SMILES string of the molecule is FC(F)(F)c1cccc(NCCCNc2ccccc2)n1. The zero-order valence-corrected chi connectivity index (χ0v) is 11.3. The normalized spacial score (nSPS) is 11.2. The summed E-state index contributed by atoms with van der Waals surface area (Å²) in [6.45, 7) is 1.28. The van der Waals surface area contributed by atoms with Crippen LogP contribution in [-0.2, 0) is 6.18 Å². The van der Waals surface area contributed by atoms with Crippen molar-refractivity contribution < 1.29 is 13.2 Å². The van der Waals surface area contributed by atoms with Crippen LogP contribution in [-0.4, -0.2) is 18.1 Å². The van der Waals surface area contributed by atoms with Gasteiger partial charge in [0.1, 0.15) is 11.5 Å². The molecule has 1 heterocycles. The van der Waals surface area contributed by atoms with Gasteiger partial charge < -0.3 is 10.6 Å². The van der Waals surface area contributed by atoms with E-state index in [1.165, 1.54) is 12.1 Å². The number of hydrogen-bond donors (Lipinski definition) is 2. The molecule has 0 radical (unpaired) electrons. The second-order valence-corrected chi connectivity index (χ2v) is 4.48. The van der Waals surface area contributed by atoms with Crippen molar-refractivity contribution >= 4 is 11.5 Å². The summed E-state index contributed by atoms with van der Waals surface area (Å²) >= 11 is 0. The van der Waals surface area contributed by atoms with Gasteiger partial charge in [0.25, 0.3) is 0 Å². The number of hydrogen-bond acceptors (Lipinski definition) is 3. The lowest BCUT2D eigenvalue weighted by atomic mass is 10.3. The number of halogens is 3. The summed E-state index contributed by atoms with van der Waals surface area (Å²) in [5, 5.41) is 6.12. The highest BCUT2D eigenvalue weighted by atomic mass is 19.4. The highest BCUT2D eigenvalue weighted by Gasteiger charge is 2.32. The number of anilines is 2. The van der Waals surface area contributed by atoms with E-state index in [9.17, 15) is 13.2 Å². The summed E-state index contributed by atoms with van der Waals surface area (Å²) in [7, 11) is 0. The number of pyridine rings is 1. The molecular weight excluding hydrogens is 279 g/mol. The highest BCUT2D eigenvalue weighted by molar-refractivity contribution is 5.42. The second-order valence-electron chi connectivity index (χ2n) is 4.48. The van der Waals surface area contributed by atoms with Gasteiger partial charge in [-0.15, -0.1) is 0 Å². The van der Waals surface area contributed by atoms with Crippen LogP contribution < -0.4 is 10.6 Å². The van der Waals surface area contributed by atoms with Crippen LogP contribution in [0.15, 0.2) is 48.5 Å². The molecule has 6 heteroatoms. The fraction of sp³-hybridized carbons (Fsp3) is 0.267. The van der Waals surface area contributed by atoms with Gasteiger partial charge in [0.2, 0.25) is 0 Å². The van der Waals surface area contributed by atoms with E-state index in [0.717, 1.165) is 24.7 Å². The first-order valence-corrected chi connectivity index (χ1v) is 6.63. The smallest absolute Gasteiger partial charge is 0.385 e. The van der Waals surface area contributed by atoms with Crippen LogP contribution in [0, 0.1) is 0 Å². The van der Waals surface area contributed by atoms with Gasteiger partial charge in [-0.25, -0.2) is 4.98 Å². The molecule has 112 valence electrons. The molecule has 2 rings (SSSR count). The minimum absolute atomic E-state index is 0.240. The molecule has 0 aliphatic rings. The molecule has 0 unspecified atom stereocenters. The lowest BCUT2D eigenvalue weighted by Gasteiger charge is -2.10. The lowest BCUT2D eigenvalue weighted by Crippen LogP contribution is -2.12. The molecule has 0 saturated carbocycles. The van der Waals surface area contributed by atoms with Crippen molar-refractivity contribution in [3.05, 3.63) is 54.2 Å². The molecule has 0 saturated heterocycles. The maximum absolute atomic E-state index is 12.5. The highest BCUT2D eigenvalue weighted by Crippen LogP contribution is 2.28. The van der Waals surface area contributed by atoms with Crippen molar-refractivity contribution in [2.45, 2.75) is 12.6 Å². The molecule has 3 nitrogen and oxygen atoms in total. The van der Waals surface area contributed by atoms with Gasteiger partial charge in [-0.3, -0.25) is 0 Å². The van der Waals surface area contributed by atoms with E-state index in [-0.39, 0.29) is 5.82 Å². The molecule has 0 fully saturated rings. The third kappa shape index (κ3) is 4.98. The average Bonchev–Trinajstić information content (AvgIpc) is 2.47. The van der Waals surface area contributed by atoms with Crippen LogP contribution in [0.3, 0.4) is 0 Å². The molecule has 2 aromatic rings. The minimum atomic E-state index is -4.41. The van der Waals surface area contributed by atoms with Gasteiger partial charge in [-0.05, 0) is 30.7 Å². The van der Waals surface area contributed by atoms with Gasteiger partial charge in [0.15, 0.2) is 0 Å². The van der Waals surface area contributed by atoms with E-state index in [1.54, 1.807) is 0 Å². The van der Waals surface area contributed by atoms with Gasteiger partial charge in [0, 0.05) is 18.8 Å². The minimum Gasteiger partial charge on any atom is -0.385 e. The van der Waals surface area contributed by atoms with Gasteiger partial charge >= 0.3 is 6.18 Å². The Morgan fingerprint density at radius 2 is 1.57 bits per heavy atom. The first-order chi connectivity index (χ1) is 10.1. The zero-order chi connectivity index (χ0) is 15.1. The Hall–Kier alpha value is -2.24. The van der Waals surface area contributed by atoms with E-state index in [4.69, 9.17) is 0 Å². The summed E-state index contributed by atoms with van der Waals surface area (Å²) < 4.78 is 37.5. The molecule has 1 aromatic carbocycles. The Morgan fingerprint density at radius 1 is 0.857 bits per heavy atom. The number of nitrogens with zero attached hydrogens (tertiary/aromatic N) is 1. The Bertz CT molecular complexity index is 556. The van der Waals surface area contributed by atoms with E-state index in [2.05, 4.69) is 15.6 Å². The molecule has 0 aliphatic carbocycles. The lowest BCUT2D eigenvalue weighted by molar-refractivity contribution is -0.141. The maximum atomic E-state index is 12.5. The number of benzene rings is 1. The summed E-state index contributed by atoms with van der Waals surface area (Å²) in [5.74, 6) is 0.240. The molecule has 0 spiro atoms. The summed E-state index contributed by atoms with van der Waals surface area (Å²) in [4.78, 5) is 3.54. The summed E-state index contributed by atoms with van der Waals surface area (Å²) in [5.41, 5.74) is 0.143. The Labute approximate surface area is 121 Å². The van der Waals surface area contributed by atoms with Crippen LogP contribution in [0.1, 0.15) is 12.1 Å². The van der Waals surface area contributed by atoms with Gasteiger partial charge in [-0.1, -0.05) is 24.3 Å². The molecule has 2 N–H and O–H groups in total. The molecular formula is C15H16F3N3. The monoisotopic (exact) mass is 295 g/mol. The molecule has 0 amide bonds. The number of rotatable bonds is 6. The number of alkyl halides is 3. The van der Waals surface area contributed by atoms with Crippen molar-refractivity contribution in [3.63, 3.8) is 0 Å². The average molecular weight is 295 g/mol. The standard InChI is InChI=1S/C15H16F3N3/c16-15(17,18)13-8-4-9-14(21-13)20-11-5-10-19-12-6-2-1-3-7-12/h1-4,6-9,19H,5,10-11H2,(H,20,21). The molecule has 0 atom stereocenters. The topological polar surface area (TPSA) is 37.0 Å². The van der Waals surface area contributed by atoms with E-state index in [1.807, 2.05) is 30.3 Å². The molecule has 0 bridgehead atoms. The predicted octanol–water partition coefficient (Wildman–Crippen LogP) is 4.01. The van der Waals surface area contributed by atoms with E-state index >= 15 is 0 Å². The van der Waals surface area contributed by atoms with Crippen LogP contribution in [0.4, 0.5) is 24.7 Å². The number of aromatic nitrogens is 1. The van der Waals surface area contributed by atoms with Crippen molar-refractivity contribution in [2.24, 2.45) is 0 Å². The first kappa shape index (κ1) is 15.2. The van der Waals surface area contributed by atoms with Crippen LogP contribution in [0.25, 0.3) is 0 Å². The fourth-order valence-corrected chi connectivity index (χ4v) is 1.78. The van der Waals surface area contributed by atoms with Crippen molar-refractivity contribution in [1.29, 1.82) is 0 Å². The fourth-order valence-electron chi connectivity index (χ4n) is 1.78. The van der Waals surface area contributed by atoms with Crippen LogP contribution >= 0.6 is 0 Å². The van der Waals surface area contributed by atoms with Crippen molar-refractivity contribution in [3.8, 4) is 0 Å². The zero-order valence-electron chi connectivity index (χ0n) is 11.3. The summed E-state index contributed by atoms with van der Waals surface area (Å²) in [6.07, 6.45) is -3.64. The quantitative estimate of drug-likeness (QED) is 0.790. The molecule has 1 aromatic heterocycles. The summed E-state index contributed by atoms with van der Waals surface area (Å²) in [6, 6.07) is 13.6. The predicted molar refractivity (Wildman–Crippen MR) is 77.3 cm³/mol. The third-order valence-electron chi connectivity index (χ3n) is 2.80. The largest absolute Gasteiger partial charge is 0.433 e.